The molecule has 4 heteroatoms. The van der Waals surface area contributed by atoms with Crippen LogP contribution in [0.3, 0.4) is 0 Å². The molecule has 4 nitrogen and oxygen atoms in total. The second-order valence-corrected chi connectivity index (χ2v) is 7.50. The summed E-state index contributed by atoms with van der Waals surface area (Å²) in [6.07, 6.45) is 2.40. The first-order valence-corrected chi connectivity index (χ1v) is 8.61. The van der Waals surface area contributed by atoms with Crippen molar-refractivity contribution < 1.29 is 0 Å². The molecule has 0 aliphatic carbocycles. The quantitative estimate of drug-likeness (QED) is 0.538. The van der Waals surface area contributed by atoms with Crippen LogP contribution in [0.4, 0.5) is 0 Å². The van der Waals surface area contributed by atoms with E-state index < -0.39 is 0 Å². The van der Waals surface area contributed by atoms with Crippen LogP contribution in [0.1, 0.15) is 37.7 Å². The van der Waals surface area contributed by atoms with E-state index in [2.05, 4.69) is 73.2 Å². The highest BCUT2D eigenvalue weighted by molar-refractivity contribution is 5.87. The van der Waals surface area contributed by atoms with E-state index in [0.717, 1.165) is 28.8 Å². The summed E-state index contributed by atoms with van der Waals surface area (Å²) >= 11 is 0. The van der Waals surface area contributed by atoms with Gasteiger partial charge in [0, 0.05) is 6.42 Å². The molecule has 2 heterocycles. The van der Waals surface area contributed by atoms with Gasteiger partial charge in [0.2, 0.25) is 0 Å². The maximum atomic E-state index is 4.94. The number of aryl methyl sites for hydroxylation is 1. The van der Waals surface area contributed by atoms with Gasteiger partial charge in [-0.3, -0.25) is 0 Å². The Morgan fingerprint density at radius 1 is 0.960 bits per heavy atom. The van der Waals surface area contributed by atoms with Crippen LogP contribution < -0.4 is 0 Å². The van der Waals surface area contributed by atoms with Gasteiger partial charge in [0.15, 0.2) is 5.65 Å². The predicted octanol–water partition coefficient (Wildman–Crippen LogP) is 4.63. The fourth-order valence-corrected chi connectivity index (χ4v) is 3.40. The summed E-state index contributed by atoms with van der Waals surface area (Å²) in [7, 11) is 0. The van der Waals surface area contributed by atoms with E-state index >= 15 is 0 Å². The summed E-state index contributed by atoms with van der Waals surface area (Å²) < 4.78 is 2.03. The molecule has 0 radical (unpaired) electrons. The highest BCUT2D eigenvalue weighted by atomic mass is 15.3. The molecule has 0 aliphatic heterocycles. The minimum Gasteiger partial charge on any atom is -0.242 e. The topological polar surface area (TPSA) is 43.6 Å². The van der Waals surface area contributed by atoms with E-state index in [4.69, 9.17) is 5.10 Å². The number of rotatable bonds is 2. The van der Waals surface area contributed by atoms with E-state index in [1.807, 2.05) is 11.6 Å². The summed E-state index contributed by atoms with van der Waals surface area (Å²) in [4.78, 5) is 8.93. The van der Waals surface area contributed by atoms with Crippen molar-refractivity contribution in [2.75, 3.05) is 0 Å². The molecule has 4 rings (SSSR count). The molecule has 0 saturated carbocycles. The standard InChI is InChI=1S/C21H22N4/c1-14-19-18(24-25(21(2,3)4)20(19)23-13-22-14)12-16-10-7-9-15-8-5-6-11-17(15)16/h5-11,13H,12H2,1-4H3. The first-order chi connectivity index (χ1) is 11.9. The second kappa shape index (κ2) is 5.66. The summed E-state index contributed by atoms with van der Waals surface area (Å²) in [6, 6.07) is 14.9. The Morgan fingerprint density at radius 3 is 2.52 bits per heavy atom. The molecule has 0 N–H and O–H groups in total. The van der Waals surface area contributed by atoms with E-state index in [-0.39, 0.29) is 5.54 Å². The third kappa shape index (κ3) is 2.68. The zero-order chi connectivity index (χ0) is 17.6. The van der Waals surface area contributed by atoms with Gasteiger partial charge in [0.05, 0.1) is 22.3 Å². The lowest BCUT2D eigenvalue weighted by Crippen LogP contribution is -2.23. The lowest BCUT2D eigenvalue weighted by molar-refractivity contribution is 0.363. The van der Waals surface area contributed by atoms with Gasteiger partial charge in [-0.15, -0.1) is 0 Å². The Kier molecular flexibility index (Phi) is 3.57. The van der Waals surface area contributed by atoms with Gasteiger partial charge in [0.1, 0.15) is 6.33 Å². The Morgan fingerprint density at radius 2 is 1.72 bits per heavy atom. The van der Waals surface area contributed by atoms with Gasteiger partial charge >= 0.3 is 0 Å². The number of aromatic nitrogens is 4. The lowest BCUT2D eigenvalue weighted by atomic mass is 10.00. The molecule has 4 aromatic rings. The molecule has 25 heavy (non-hydrogen) atoms. The van der Waals surface area contributed by atoms with Gasteiger partial charge in [0.25, 0.3) is 0 Å². The number of hydrogen-bond acceptors (Lipinski definition) is 3. The Labute approximate surface area is 147 Å². The Hall–Kier alpha value is -2.75. The van der Waals surface area contributed by atoms with Crippen molar-refractivity contribution in [3.05, 3.63) is 65.7 Å². The first-order valence-electron chi connectivity index (χ1n) is 8.61. The van der Waals surface area contributed by atoms with Crippen LogP contribution in [0.2, 0.25) is 0 Å². The van der Waals surface area contributed by atoms with Crippen LogP contribution in [-0.4, -0.2) is 19.7 Å². The van der Waals surface area contributed by atoms with Crippen LogP contribution in [-0.2, 0) is 12.0 Å². The molecule has 2 aromatic heterocycles. The van der Waals surface area contributed by atoms with Crippen molar-refractivity contribution >= 4 is 21.8 Å². The van der Waals surface area contributed by atoms with Crippen LogP contribution in [0.15, 0.2) is 48.8 Å². The molecule has 126 valence electrons. The Balaban J connectivity index is 1.92. The van der Waals surface area contributed by atoms with Crippen LogP contribution in [0.5, 0.6) is 0 Å². The highest BCUT2D eigenvalue weighted by Gasteiger charge is 2.23. The lowest BCUT2D eigenvalue weighted by Gasteiger charge is -2.19. The summed E-state index contributed by atoms with van der Waals surface area (Å²) in [5.41, 5.74) is 4.09. The third-order valence-electron chi connectivity index (χ3n) is 4.60. The largest absolute Gasteiger partial charge is 0.242 e. The molecular weight excluding hydrogens is 308 g/mol. The molecule has 0 unspecified atom stereocenters. The van der Waals surface area contributed by atoms with Crippen molar-refractivity contribution in [3.63, 3.8) is 0 Å². The zero-order valence-electron chi connectivity index (χ0n) is 15.1. The number of benzene rings is 2. The SMILES string of the molecule is Cc1ncnc2c1c(Cc1cccc3ccccc13)nn2C(C)(C)C. The maximum absolute atomic E-state index is 4.94. The summed E-state index contributed by atoms with van der Waals surface area (Å²) in [5, 5.41) is 8.54. The van der Waals surface area contributed by atoms with Crippen molar-refractivity contribution in [3.8, 4) is 0 Å². The predicted molar refractivity (Wildman–Crippen MR) is 102 cm³/mol. The fraction of sp³-hybridized carbons (Fsp3) is 0.286. The Bertz CT molecular complexity index is 1070. The van der Waals surface area contributed by atoms with E-state index in [0.29, 0.717) is 0 Å². The van der Waals surface area contributed by atoms with Gasteiger partial charge < -0.3 is 0 Å². The molecule has 0 saturated heterocycles. The van der Waals surface area contributed by atoms with E-state index in [9.17, 15) is 0 Å². The van der Waals surface area contributed by atoms with Gasteiger partial charge in [-0.25, -0.2) is 14.6 Å². The second-order valence-electron chi connectivity index (χ2n) is 7.50. The van der Waals surface area contributed by atoms with Gasteiger partial charge in [-0.05, 0) is 44.0 Å². The van der Waals surface area contributed by atoms with Gasteiger partial charge in [-0.2, -0.15) is 5.10 Å². The van der Waals surface area contributed by atoms with E-state index in [1.165, 1.54) is 16.3 Å². The van der Waals surface area contributed by atoms with Crippen LogP contribution in [0, 0.1) is 6.92 Å². The molecule has 0 bridgehead atoms. The molecule has 2 aromatic carbocycles. The van der Waals surface area contributed by atoms with Crippen molar-refractivity contribution in [1.82, 2.24) is 19.7 Å². The maximum Gasteiger partial charge on any atom is 0.162 e. The average molecular weight is 330 g/mol. The van der Waals surface area contributed by atoms with Crippen molar-refractivity contribution in [1.29, 1.82) is 0 Å². The first kappa shape index (κ1) is 15.8. The molecule has 0 spiro atoms. The fourth-order valence-electron chi connectivity index (χ4n) is 3.40. The highest BCUT2D eigenvalue weighted by Crippen LogP contribution is 2.28. The molecular formula is C21H22N4. The van der Waals surface area contributed by atoms with Gasteiger partial charge in [-0.1, -0.05) is 42.5 Å². The number of fused-ring (bicyclic) bond motifs is 2. The monoisotopic (exact) mass is 330 g/mol. The molecule has 0 fully saturated rings. The average Bonchev–Trinajstić information content (AvgIpc) is 2.95. The minimum atomic E-state index is -0.129. The van der Waals surface area contributed by atoms with Crippen LogP contribution in [0.25, 0.3) is 21.8 Å². The summed E-state index contributed by atoms with van der Waals surface area (Å²) in [5.74, 6) is 0. The molecule has 0 aliphatic rings. The minimum absolute atomic E-state index is 0.129. The smallest absolute Gasteiger partial charge is 0.162 e. The number of hydrogen-bond donors (Lipinski definition) is 0. The van der Waals surface area contributed by atoms with Crippen molar-refractivity contribution in [2.24, 2.45) is 0 Å². The zero-order valence-corrected chi connectivity index (χ0v) is 15.1. The normalized spacial score (nSPS) is 12.2. The summed E-state index contributed by atoms with van der Waals surface area (Å²) in [6.45, 7) is 8.49. The van der Waals surface area contributed by atoms with Crippen molar-refractivity contribution in [2.45, 2.75) is 39.7 Å². The van der Waals surface area contributed by atoms with E-state index in [1.54, 1.807) is 6.33 Å². The third-order valence-corrected chi connectivity index (χ3v) is 4.60. The molecule has 0 atom stereocenters. The molecule has 0 amide bonds. The number of nitrogens with zero attached hydrogens (tertiary/aromatic N) is 4. The van der Waals surface area contributed by atoms with Crippen LogP contribution >= 0.6 is 0 Å².